The lowest BCUT2D eigenvalue weighted by atomic mass is 10.5. The van der Waals surface area contributed by atoms with Crippen LogP contribution in [0.4, 0.5) is 0 Å². The van der Waals surface area contributed by atoms with Crippen LogP contribution in [0.25, 0.3) is 0 Å². The Bertz CT molecular complexity index is 279. The van der Waals surface area contributed by atoms with Gasteiger partial charge in [-0.1, -0.05) is 0 Å². The summed E-state index contributed by atoms with van der Waals surface area (Å²) in [6.07, 6.45) is 1.46. The normalized spacial score (nSPS) is 9.80. The molecule has 2 N–H and O–H groups in total. The van der Waals surface area contributed by atoms with Crippen LogP contribution in [0.1, 0.15) is 5.82 Å². The number of nitrogens with two attached hydrogens (primary N) is 1. The third-order valence-corrected chi connectivity index (χ3v) is 1.34. The largest absolute Gasteiger partial charge is 0.324 e. The van der Waals surface area contributed by atoms with Gasteiger partial charge in [0, 0.05) is 19.3 Å². The molecular weight excluding hydrogens is 130 g/mol. The van der Waals surface area contributed by atoms with Crippen LogP contribution in [0.5, 0.6) is 0 Å². The van der Waals surface area contributed by atoms with E-state index in [1.807, 2.05) is 0 Å². The van der Waals surface area contributed by atoms with Gasteiger partial charge in [0.15, 0.2) is 0 Å². The van der Waals surface area contributed by atoms with Crippen molar-refractivity contribution in [3.8, 4) is 0 Å². The molecule has 0 aromatic carbocycles. The van der Waals surface area contributed by atoms with Gasteiger partial charge in [-0.3, -0.25) is 9.36 Å². The molecule has 0 fully saturated rings. The molecule has 0 aliphatic rings. The summed E-state index contributed by atoms with van der Waals surface area (Å²) in [6, 6.07) is 1.40. The molecule has 1 aromatic rings. The Morgan fingerprint density at radius 2 is 2.50 bits per heavy atom. The first-order valence-corrected chi connectivity index (χ1v) is 2.96. The molecule has 0 amide bonds. The molecule has 54 valence electrons. The predicted octanol–water partition coefficient (Wildman–Crippen LogP) is -0.761. The van der Waals surface area contributed by atoms with Gasteiger partial charge in [0.1, 0.15) is 5.82 Å². The van der Waals surface area contributed by atoms with Crippen molar-refractivity contribution in [3.63, 3.8) is 0 Å². The van der Waals surface area contributed by atoms with Gasteiger partial charge in [-0.15, -0.1) is 0 Å². The summed E-state index contributed by atoms with van der Waals surface area (Å²) in [7, 11) is 1.65. The second kappa shape index (κ2) is 2.62. The molecule has 1 aromatic heterocycles. The van der Waals surface area contributed by atoms with Gasteiger partial charge in [0.2, 0.25) is 0 Å². The van der Waals surface area contributed by atoms with Crippen molar-refractivity contribution < 1.29 is 0 Å². The van der Waals surface area contributed by atoms with E-state index < -0.39 is 0 Å². The van der Waals surface area contributed by atoms with Crippen molar-refractivity contribution in [3.05, 3.63) is 28.4 Å². The van der Waals surface area contributed by atoms with E-state index in [0.29, 0.717) is 12.4 Å². The summed E-state index contributed by atoms with van der Waals surface area (Å²) < 4.78 is 1.43. The van der Waals surface area contributed by atoms with E-state index in [1.54, 1.807) is 7.05 Å². The molecule has 1 rings (SSSR count). The zero-order valence-corrected chi connectivity index (χ0v) is 5.74. The average Bonchev–Trinajstić information content (AvgIpc) is 1.95. The first-order chi connectivity index (χ1) is 4.75. The molecule has 0 radical (unpaired) electrons. The Hall–Kier alpha value is -1.16. The smallest absolute Gasteiger partial charge is 0.253 e. The van der Waals surface area contributed by atoms with Crippen LogP contribution >= 0.6 is 0 Å². The Kier molecular flexibility index (Phi) is 1.82. The highest BCUT2D eigenvalue weighted by Crippen LogP contribution is 1.83. The highest BCUT2D eigenvalue weighted by molar-refractivity contribution is 4.91. The number of aromatic nitrogens is 2. The number of rotatable bonds is 1. The molecular formula is C6H9N3O. The third kappa shape index (κ3) is 1.06. The maximum atomic E-state index is 10.9. The SMILES string of the molecule is Cn1c(CN)nccc1=O. The molecule has 1 heterocycles. The van der Waals surface area contributed by atoms with Crippen molar-refractivity contribution in [1.29, 1.82) is 0 Å². The fraction of sp³-hybridized carbons (Fsp3) is 0.333. The summed E-state index contributed by atoms with van der Waals surface area (Å²) >= 11 is 0. The van der Waals surface area contributed by atoms with Crippen molar-refractivity contribution in [2.24, 2.45) is 12.8 Å². The number of nitrogens with zero attached hydrogens (tertiary/aromatic N) is 2. The average molecular weight is 139 g/mol. The fourth-order valence-electron chi connectivity index (χ4n) is 0.702. The van der Waals surface area contributed by atoms with E-state index in [0.717, 1.165) is 0 Å². The van der Waals surface area contributed by atoms with E-state index in [2.05, 4.69) is 4.98 Å². The molecule has 0 aliphatic carbocycles. The minimum atomic E-state index is -0.0737. The van der Waals surface area contributed by atoms with Gasteiger partial charge in [-0.2, -0.15) is 0 Å². The van der Waals surface area contributed by atoms with Crippen LogP contribution < -0.4 is 11.3 Å². The van der Waals surface area contributed by atoms with E-state index >= 15 is 0 Å². The van der Waals surface area contributed by atoms with Crippen LogP contribution in [-0.2, 0) is 13.6 Å². The zero-order chi connectivity index (χ0) is 7.56. The molecule has 0 saturated carbocycles. The second-order valence-corrected chi connectivity index (χ2v) is 1.96. The van der Waals surface area contributed by atoms with E-state index in [1.165, 1.54) is 16.8 Å². The van der Waals surface area contributed by atoms with Crippen LogP contribution in [0.3, 0.4) is 0 Å². The molecule has 4 nitrogen and oxygen atoms in total. The Labute approximate surface area is 58.3 Å². The Morgan fingerprint density at radius 1 is 1.80 bits per heavy atom. The van der Waals surface area contributed by atoms with Gasteiger partial charge in [0.25, 0.3) is 5.56 Å². The van der Waals surface area contributed by atoms with Crippen LogP contribution in [-0.4, -0.2) is 9.55 Å². The molecule has 0 spiro atoms. The summed E-state index contributed by atoms with van der Waals surface area (Å²) in [5.74, 6) is 0.604. The quantitative estimate of drug-likeness (QED) is 0.556. The molecule has 0 atom stereocenters. The number of hydrogen-bond donors (Lipinski definition) is 1. The summed E-state index contributed by atoms with van der Waals surface area (Å²) in [6.45, 7) is 0.298. The minimum absolute atomic E-state index is 0.0737. The molecule has 0 bridgehead atoms. The summed E-state index contributed by atoms with van der Waals surface area (Å²) in [5, 5.41) is 0. The van der Waals surface area contributed by atoms with Crippen molar-refractivity contribution in [2.45, 2.75) is 6.54 Å². The van der Waals surface area contributed by atoms with Gasteiger partial charge in [0.05, 0.1) is 6.54 Å². The van der Waals surface area contributed by atoms with Crippen LogP contribution in [0, 0.1) is 0 Å². The fourth-order valence-corrected chi connectivity index (χ4v) is 0.702. The van der Waals surface area contributed by atoms with Gasteiger partial charge >= 0.3 is 0 Å². The van der Waals surface area contributed by atoms with Crippen molar-refractivity contribution in [1.82, 2.24) is 9.55 Å². The van der Waals surface area contributed by atoms with E-state index in [-0.39, 0.29) is 5.56 Å². The maximum absolute atomic E-state index is 10.9. The topological polar surface area (TPSA) is 60.9 Å². The first kappa shape index (κ1) is 6.95. The molecule has 0 saturated heterocycles. The maximum Gasteiger partial charge on any atom is 0.253 e. The van der Waals surface area contributed by atoms with Crippen LogP contribution in [0.15, 0.2) is 17.1 Å². The molecule has 0 aliphatic heterocycles. The standard InChI is InChI=1S/C6H9N3O/c1-9-5(4-7)8-3-2-6(9)10/h2-3H,4,7H2,1H3. The second-order valence-electron chi connectivity index (χ2n) is 1.96. The lowest BCUT2D eigenvalue weighted by Crippen LogP contribution is -2.22. The Balaban J connectivity index is 3.28. The van der Waals surface area contributed by atoms with Crippen molar-refractivity contribution in [2.75, 3.05) is 0 Å². The van der Waals surface area contributed by atoms with Gasteiger partial charge in [-0.05, 0) is 0 Å². The summed E-state index contributed by atoms with van der Waals surface area (Å²) in [5.41, 5.74) is 5.22. The van der Waals surface area contributed by atoms with Crippen LogP contribution in [0.2, 0.25) is 0 Å². The van der Waals surface area contributed by atoms with Gasteiger partial charge < -0.3 is 5.73 Å². The number of hydrogen-bond acceptors (Lipinski definition) is 3. The zero-order valence-electron chi connectivity index (χ0n) is 5.74. The molecule has 10 heavy (non-hydrogen) atoms. The lowest BCUT2D eigenvalue weighted by Gasteiger charge is -2.00. The predicted molar refractivity (Wildman–Crippen MR) is 37.4 cm³/mol. The molecule has 0 unspecified atom stereocenters. The minimum Gasteiger partial charge on any atom is -0.324 e. The van der Waals surface area contributed by atoms with E-state index in [9.17, 15) is 4.79 Å². The highest BCUT2D eigenvalue weighted by atomic mass is 16.1. The Morgan fingerprint density at radius 3 is 3.00 bits per heavy atom. The highest BCUT2D eigenvalue weighted by Gasteiger charge is 1.95. The lowest BCUT2D eigenvalue weighted by molar-refractivity contribution is 0.727. The first-order valence-electron chi connectivity index (χ1n) is 2.96. The van der Waals surface area contributed by atoms with Crippen molar-refractivity contribution >= 4 is 0 Å². The van der Waals surface area contributed by atoms with E-state index in [4.69, 9.17) is 5.73 Å². The summed E-state index contributed by atoms with van der Waals surface area (Å²) in [4.78, 5) is 14.8. The molecule has 4 heteroatoms. The third-order valence-electron chi connectivity index (χ3n) is 1.34. The van der Waals surface area contributed by atoms with Gasteiger partial charge in [-0.25, -0.2) is 4.98 Å². The monoisotopic (exact) mass is 139 g/mol.